The molecule has 0 N–H and O–H groups in total. The van der Waals surface area contributed by atoms with Gasteiger partial charge in [-0.25, -0.2) is 4.98 Å². The number of benzene rings is 1. The van der Waals surface area contributed by atoms with Crippen molar-refractivity contribution in [3.8, 4) is 5.75 Å². The fraction of sp³-hybridized carbons (Fsp3) is 0.545. The number of likely N-dealkylation sites (tertiary alicyclic amines) is 1. The zero-order chi connectivity index (χ0) is 18.8. The summed E-state index contributed by atoms with van der Waals surface area (Å²) in [5.41, 5.74) is 4.50. The summed E-state index contributed by atoms with van der Waals surface area (Å²) < 4.78 is 7.39. The summed E-state index contributed by atoms with van der Waals surface area (Å²) in [6, 6.07) is 6.64. The van der Waals surface area contributed by atoms with E-state index in [2.05, 4.69) is 28.1 Å². The lowest BCUT2D eigenvalue weighted by Crippen LogP contribution is -2.37. The molecule has 2 aromatic rings. The molecular weight excluding hydrogens is 338 g/mol. The Hall–Kier alpha value is -2.14. The van der Waals surface area contributed by atoms with Gasteiger partial charge in [-0.3, -0.25) is 9.36 Å². The van der Waals surface area contributed by atoms with Crippen LogP contribution >= 0.6 is 0 Å². The standard InChI is InChI=1S/C22H29N3O2/c1-16-17(2)23-15-25(22(16)26)14-19-6-10-24(11-7-19)9-5-18-3-4-21-20(13-18)8-12-27-21/h3-4,13,15,19H,5-12,14H2,1-2H3. The van der Waals surface area contributed by atoms with E-state index in [9.17, 15) is 4.79 Å². The molecule has 4 rings (SSSR count). The molecule has 0 radical (unpaired) electrons. The molecule has 1 aromatic carbocycles. The molecule has 0 spiro atoms. The second-order valence-electron chi connectivity index (χ2n) is 7.99. The molecule has 27 heavy (non-hydrogen) atoms. The first-order valence-corrected chi connectivity index (χ1v) is 10.1. The molecule has 0 bridgehead atoms. The van der Waals surface area contributed by atoms with Crippen molar-refractivity contribution in [2.75, 3.05) is 26.2 Å². The number of aromatic nitrogens is 2. The van der Waals surface area contributed by atoms with E-state index in [4.69, 9.17) is 4.74 Å². The summed E-state index contributed by atoms with van der Waals surface area (Å²) in [5.74, 6) is 1.63. The minimum atomic E-state index is 0.116. The molecular formula is C22H29N3O2. The Balaban J connectivity index is 1.27. The molecule has 2 aliphatic rings. The van der Waals surface area contributed by atoms with Crippen molar-refractivity contribution in [2.24, 2.45) is 5.92 Å². The number of hydrogen-bond donors (Lipinski definition) is 0. The van der Waals surface area contributed by atoms with Gasteiger partial charge in [0.15, 0.2) is 0 Å². The molecule has 1 aromatic heterocycles. The number of ether oxygens (including phenoxy) is 1. The molecule has 0 unspecified atom stereocenters. The van der Waals surface area contributed by atoms with Gasteiger partial charge in [-0.05, 0) is 69.3 Å². The van der Waals surface area contributed by atoms with Gasteiger partial charge < -0.3 is 9.64 Å². The Bertz CT molecular complexity index is 866. The van der Waals surface area contributed by atoms with Crippen molar-refractivity contribution < 1.29 is 4.74 Å². The summed E-state index contributed by atoms with van der Waals surface area (Å²) in [7, 11) is 0. The highest BCUT2D eigenvalue weighted by Gasteiger charge is 2.20. The van der Waals surface area contributed by atoms with Crippen LogP contribution in [-0.4, -0.2) is 40.7 Å². The normalized spacial score (nSPS) is 17.7. The van der Waals surface area contributed by atoms with Gasteiger partial charge in [-0.1, -0.05) is 12.1 Å². The second kappa shape index (κ2) is 7.85. The van der Waals surface area contributed by atoms with E-state index in [0.717, 1.165) is 75.5 Å². The lowest BCUT2D eigenvalue weighted by molar-refractivity contribution is 0.174. The maximum Gasteiger partial charge on any atom is 0.256 e. The van der Waals surface area contributed by atoms with Crippen LogP contribution < -0.4 is 10.3 Å². The number of aryl methyl sites for hydroxylation is 1. The Labute approximate surface area is 161 Å². The summed E-state index contributed by atoms with van der Waals surface area (Å²) in [5, 5.41) is 0. The highest BCUT2D eigenvalue weighted by atomic mass is 16.5. The van der Waals surface area contributed by atoms with Gasteiger partial charge in [-0.2, -0.15) is 0 Å². The van der Waals surface area contributed by atoms with Crippen molar-refractivity contribution in [1.29, 1.82) is 0 Å². The first-order chi connectivity index (χ1) is 13.1. The monoisotopic (exact) mass is 367 g/mol. The molecule has 1 saturated heterocycles. The predicted molar refractivity (Wildman–Crippen MR) is 106 cm³/mol. The number of rotatable bonds is 5. The van der Waals surface area contributed by atoms with Crippen LogP contribution in [0.15, 0.2) is 29.3 Å². The van der Waals surface area contributed by atoms with E-state index in [-0.39, 0.29) is 5.56 Å². The van der Waals surface area contributed by atoms with Gasteiger partial charge in [0, 0.05) is 30.8 Å². The van der Waals surface area contributed by atoms with Crippen molar-refractivity contribution in [3.05, 3.63) is 57.3 Å². The molecule has 0 saturated carbocycles. The third kappa shape index (κ3) is 4.08. The second-order valence-corrected chi connectivity index (χ2v) is 7.99. The topological polar surface area (TPSA) is 47.4 Å². The number of nitrogens with zero attached hydrogens (tertiary/aromatic N) is 3. The van der Waals surface area contributed by atoms with Crippen LogP contribution in [0.4, 0.5) is 0 Å². The van der Waals surface area contributed by atoms with Crippen molar-refractivity contribution in [1.82, 2.24) is 14.5 Å². The van der Waals surface area contributed by atoms with Gasteiger partial charge in [0.2, 0.25) is 0 Å². The number of piperidine rings is 1. The van der Waals surface area contributed by atoms with Crippen LogP contribution in [0, 0.1) is 19.8 Å². The highest BCUT2D eigenvalue weighted by molar-refractivity contribution is 5.39. The largest absolute Gasteiger partial charge is 0.493 e. The fourth-order valence-corrected chi connectivity index (χ4v) is 4.16. The lowest BCUT2D eigenvalue weighted by atomic mass is 9.96. The minimum absolute atomic E-state index is 0.116. The van der Waals surface area contributed by atoms with Gasteiger partial charge >= 0.3 is 0 Å². The minimum Gasteiger partial charge on any atom is -0.493 e. The summed E-state index contributed by atoms with van der Waals surface area (Å²) >= 11 is 0. The average Bonchev–Trinajstić information content (AvgIpc) is 3.16. The van der Waals surface area contributed by atoms with Crippen LogP contribution in [0.25, 0.3) is 0 Å². The van der Waals surface area contributed by atoms with Crippen molar-refractivity contribution in [2.45, 2.75) is 46.1 Å². The van der Waals surface area contributed by atoms with E-state index in [0.29, 0.717) is 5.92 Å². The Morgan fingerprint density at radius 1 is 1.22 bits per heavy atom. The first-order valence-electron chi connectivity index (χ1n) is 10.1. The summed E-state index contributed by atoms with van der Waals surface area (Å²) in [6.45, 7) is 8.73. The first kappa shape index (κ1) is 18.2. The van der Waals surface area contributed by atoms with E-state index in [1.54, 1.807) is 10.9 Å². The highest BCUT2D eigenvalue weighted by Crippen LogP contribution is 2.26. The van der Waals surface area contributed by atoms with Crippen LogP contribution in [0.1, 0.15) is 35.2 Å². The van der Waals surface area contributed by atoms with Gasteiger partial charge in [0.05, 0.1) is 12.9 Å². The van der Waals surface area contributed by atoms with E-state index in [1.165, 1.54) is 11.1 Å². The van der Waals surface area contributed by atoms with Gasteiger partial charge in [-0.15, -0.1) is 0 Å². The third-order valence-corrected chi connectivity index (χ3v) is 6.15. The zero-order valence-electron chi connectivity index (χ0n) is 16.4. The third-order valence-electron chi connectivity index (χ3n) is 6.15. The smallest absolute Gasteiger partial charge is 0.256 e. The summed E-state index contributed by atoms with van der Waals surface area (Å²) in [4.78, 5) is 19.3. The molecule has 144 valence electrons. The van der Waals surface area contributed by atoms with E-state index in [1.807, 2.05) is 13.8 Å². The lowest BCUT2D eigenvalue weighted by Gasteiger charge is -2.32. The maximum atomic E-state index is 12.4. The van der Waals surface area contributed by atoms with E-state index >= 15 is 0 Å². The quantitative estimate of drug-likeness (QED) is 0.815. The number of fused-ring (bicyclic) bond motifs is 1. The van der Waals surface area contributed by atoms with Crippen LogP contribution in [0.5, 0.6) is 5.75 Å². The summed E-state index contributed by atoms with van der Waals surface area (Å²) in [6.07, 6.45) is 6.16. The van der Waals surface area contributed by atoms with Gasteiger partial charge in [0.1, 0.15) is 5.75 Å². The van der Waals surface area contributed by atoms with E-state index < -0.39 is 0 Å². The molecule has 2 aliphatic heterocycles. The van der Waals surface area contributed by atoms with Crippen LogP contribution in [0.2, 0.25) is 0 Å². The molecule has 5 nitrogen and oxygen atoms in total. The Kier molecular flexibility index (Phi) is 5.30. The van der Waals surface area contributed by atoms with Crippen molar-refractivity contribution >= 4 is 0 Å². The molecule has 0 amide bonds. The predicted octanol–water partition coefficient (Wildman–Crippen LogP) is 2.75. The fourth-order valence-electron chi connectivity index (χ4n) is 4.16. The Morgan fingerprint density at radius 2 is 2.04 bits per heavy atom. The molecule has 0 aliphatic carbocycles. The average molecular weight is 367 g/mol. The molecule has 5 heteroatoms. The Morgan fingerprint density at radius 3 is 2.85 bits per heavy atom. The number of hydrogen-bond acceptors (Lipinski definition) is 4. The van der Waals surface area contributed by atoms with Gasteiger partial charge in [0.25, 0.3) is 5.56 Å². The SMILES string of the molecule is Cc1ncn(CC2CCN(CCc3ccc4c(c3)CCO4)CC2)c(=O)c1C. The van der Waals surface area contributed by atoms with Crippen LogP contribution in [0.3, 0.4) is 0 Å². The zero-order valence-corrected chi connectivity index (χ0v) is 16.4. The molecule has 0 atom stereocenters. The molecule has 1 fully saturated rings. The van der Waals surface area contributed by atoms with Crippen molar-refractivity contribution in [3.63, 3.8) is 0 Å². The van der Waals surface area contributed by atoms with Crippen LogP contribution in [-0.2, 0) is 19.4 Å². The maximum absolute atomic E-state index is 12.4. The molecule has 3 heterocycles.